The van der Waals surface area contributed by atoms with Gasteiger partial charge in [-0.05, 0) is 31.5 Å². The number of anilines is 1. The smallest absolute Gasteiger partial charge is 0.231 e. The molecule has 0 unspecified atom stereocenters. The minimum atomic E-state index is 0.121. The van der Waals surface area contributed by atoms with E-state index in [0.29, 0.717) is 5.92 Å². The van der Waals surface area contributed by atoms with E-state index < -0.39 is 0 Å². The average molecular weight is 232 g/mol. The van der Waals surface area contributed by atoms with Gasteiger partial charge in [0.2, 0.25) is 5.91 Å². The second kappa shape index (κ2) is 5.32. The lowest BCUT2D eigenvalue weighted by Gasteiger charge is -2.25. The molecular formula is C14H20N2O. The summed E-state index contributed by atoms with van der Waals surface area (Å²) in [5.74, 6) is 0.798. The fourth-order valence-corrected chi connectivity index (χ4v) is 2.41. The van der Waals surface area contributed by atoms with Crippen molar-refractivity contribution in [3.8, 4) is 0 Å². The normalized spacial score (nSPS) is 23.6. The first-order valence-electron chi connectivity index (χ1n) is 6.31. The Morgan fingerprint density at radius 3 is 2.59 bits per heavy atom. The summed E-state index contributed by atoms with van der Waals surface area (Å²) in [5, 5.41) is 3.29. The van der Waals surface area contributed by atoms with Crippen LogP contribution < -0.4 is 10.2 Å². The zero-order chi connectivity index (χ0) is 12.3. The number of amides is 1. The number of para-hydroxylation sites is 1. The van der Waals surface area contributed by atoms with E-state index in [1.54, 1.807) is 0 Å². The third-order valence-corrected chi connectivity index (χ3v) is 3.48. The molecule has 1 N–H and O–H groups in total. The number of nitrogens with zero attached hydrogens (tertiary/aromatic N) is 1. The Morgan fingerprint density at radius 1 is 1.35 bits per heavy atom. The Morgan fingerprint density at radius 2 is 2.06 bits per heavy atom. The molecule has 92 valence electrons. The van der Waals surface area contributed by atoms with Crippen molar-refractivity contribution in [2.75, 3.05) is 24.5 Å². The van der Waals surface area contributed by atoms with E-state index in [0.717, 1.165) is 25.3 Å². The maximum atomic E-state index is 12.5. The number of hydrogen-bond donors (Lipinski definition) is 1. The van der Waals surface area contributed by atoms with Crippen molar-refractivity contribution in [2.24, 2.45) is 11.8 Å². The van der Waals surface area contributed by atoms with Crippen LogP contribution in [0.1, 0.15) is 13.8 Å². The Hall–Kier alpha value is -1.35. The summed E-state index contributed by atoms with van der Waals surface area (Å²) in [5.41, 5.74) is 0.999. The van der Waals surface area contributed by atoms with E-state index in [2.05, 4.69) is 12.2 Å². The molecule has 1 amide bonds. The fourth-order valence-electron chi connectivity index (χ4n) is 2.41. The van der Waals surface area contributed by atoms with Crippen LogP contribution in [0.5, 0.6) is 0 Å². The SMILES string of the molecule is CCN(C(=O)[C@@H]1CNC[C@H]1C)c1ccccc1. The second-order valence-electron chi connectivity index (χ2n) is 4.66. The lowest BCUT2D eigenvalue weighted by atomic mass is 9.96. The number of carbonyl (C=O) groups excluding carboxylic acids is 1. The first kappa shape index (κ1) is 12.1. The molecule has 1 saturated heterocycles. The Bertz CT molecular complexity index is 377. The van der Waals surface area contributed by atoms with Gasteiger partial charge in [-0.15, -0.1) is 0 Å². The van der Waals surface area contributed by atoms with Crippen LogP contribution in [0.2, 0.25) is 0 Å². The molecule has 2 atom stereocenters. The highest BCUT2D eigenvalue weighted by molar-refractivity contribution is 5.95. The standard InChI is InChI=1S/C14H20N2O/c1-3-16(12-7-5-4-6-8-12)14(17)13-10-15-9-11(13)2/h4-8,11,13,15H,3,9-10H2,1-2H3/t11-,13-/m1/s1. The predicted octanol–water partition coefficient (Wildman–Crippen LogP) is 1.90. The molecular weight excluding hydrogens is 212 g/mol. The highest BCUT2D eigenvalue weighted by Gasteiger charge is 2.32. The summed E-state index contributed by atoms with van der Waals surface area (Å²) in [6, 6.07) is 9.91. The molecule has 17 heavy (non-hydrogen) atoms. The van der Waals surface area contributed by atoms with Crippen LogP contribution in [0.3, 0.4) is 0 Å². The summed E-state index contributed by atoms with van der Waals surface area (Å²) in [6.07, 6.45) is 0. The van der Waals surface area contributed by atoms with E-state index in [1.807, 2.05) is 42.2 Å². The van der Waals surface area contributed by atoms with Crippen molar-refractivity contribution in [2.45, 2.75) is 13.8 Å². The van der Waals surface area contributed by atoms with Gasteiger partial charge in [-0.25, -0.2) is 0 Å². The zero-order valence-corrected chi connectivity index (χ0v) is 10.5. The Labute approximate surface area is 103 Å². The largest absolute Gasteiger partial charge is 0.316 e. The van der Waals surface area contributed by atoms with Crippen LogP contribution in [0.25, 0.3) is 0 Å². The molecule has 0 aromatic heterocycles. The minimum absolute atomic E-state index is 0.121. The molecule has 0 radical (unpaired) electrons. The third-order valence-electron chi connectivity index (χ3n) is 3.48. The molecule has 1 heterocycles. The van der Waals surface area contributed by atoms with Gasteiger partial charge in [0.25, 0.3) is 0 Å². The van der Waals surface area contributed by atoms with Crippen molar-refractivity contribution in [3.05, 3.63) is 30.3 Å². The molecule has 0 saturated carbocycles. The molecule has 1 aromatic rings. The molecule has 2 rings (SSSR count). The molecule has 0 spiro atoms. The summed E-state index contributed by atoms with van der Waals surface area (Å²) in [4.78, 5) is 14.4. The second-order valence-corrected chi connectivity index (χ2v) is 4.66. The van der Waals surface area contributed by atoms with Gasteiger partial charge in [0.15, 0.2) is 0 Å². The highest BCUT2D eigenvalue weighted by Crippen LogP contribution is 2.22. The van der Waals surface area contributed by atoms with E-state index in [1.165, 1.54) is 0 Å². The maximum absolute atomic E-state index is 12.5. The van der Waals surface area contributed by atoms with Gasteiger partial charge in [-0.3, -0.25) is 4.79 Å². The lowest BCUT2D eigenvalue weighted by molar-refractivity contribution is -0.122. The number of carbonyl (C=O) groups is 1. The Kier molecular flexibility index (Phi) is 3.79. The highest BCUT2D eigenvalue weighted by atomic mass is 16.2. The van der Waals surface area contributed by atoms with Crippen LogP contribution in [-0.2, 0) is 4.79 Å². The van der Waals surface area contributed by atoms with Crippen molar-refractivity contribution < 1.29 is 4.79 Å². The first-order valence-corrected chi connectivity index (χ1v) is 6.31. The van der Waals surface area contributed by atoms with E-state index in [9.17, 15) is 4.79 Å². The van der Waals surface area contributed by atoms with Crippen molar-refractivity contribution in [3.63, 3.8) is 0 Å². The van der Waals surface area contributed by atoms with E-state index >= 15 is 0 Å². The number of hydrogen-bond acceptors (Lipinski definition) is 2. The van der Waals surface area contributed by atoms with Crippen molar-refractivity contribution in [1.29, 1.82) is 0 Å². The van der Waals surface area contributed by atoms with Crippen LogP contribution in [0.15, 0.2) is 30.3 Å². The Balaban J connectivity index is 2.16. The summed E-state index contributed by atoms with van der Waals surface area (Å²) < 4.78 is 0. The maximum Gasteiger partial charge on any atom is 0.231 e. The molecule has 1 aromatic carbocycles. The predicted molar refractivity (Wildman–Crippen MR) is 70.0 cm³/mol. The van der Waals surface area contributed by atoms with Gasteiger partial charge in [0, 0.05) is 18.8 Å². The topological polar surface area (TPSA) is 32.3 Å². The third kappa shape index (κ3) is 2.50. The number of rotatable bonds is 3. The van der Waals surface area contributed by atoms with Crippen LogP contribution in [0.4, 0.5) is 5.69 Å². The molecule has 3 nitrogen and oxygen atoms in total. The van der Waals surface area contributed by atoms with Crippen LogP contribution in [0, 0.1) is 11.8 Å². The van der Waals surface area contributed by atoms with Crippen molar-refractivity contribution in [1.82, 2.24) is 5.32 Å². The van der Waals surface area contributed by atoms with Gasteiger partial charge in [-0.2, -0.15) is 0 Å². The van der Waals surface area contributed by atoms with Gasteiger partial charge in [0.1, 0.15) is 0 Å². The lowest BCUT2D eigenvalue weighted by Crippen LogP contribution is -2.38. The molecule has 1 fully saturated rings. The summed E-state index contributed by atoms with van der Waals surface area (Å²) in [6.45, 7) is 6.65. The average Bonchev–Trinajstić information content (AvgIpc) is 2.77. The van der Waals surface area contributed by atoms with E-state index in [4.69, 9.17) is 0 Å². The van der Waals surface area contributed by atoms with Crippen LogP contribution in [-0.4, -0.2) is 25.5 Å². The first-order chi connectivity index (χ1) is 8.24. The molecule has 0 aliphatic carbocycles. The van der Waals surface area contributed by atoms with Crippen LogP contribution >= 0.6 is 0 Å². The minimum Gasteiger partial charge on any atom is -0.316 e. The number of benzene rings is 1. The molecule has 1 aliphatic heterocycles. The summed E-state index contributed by atoms with van der Waals surface area (Å²) in [7, 11) is 0. The monoisotopic (exact) mass is 232 g/mol. The van der Waals surface area contributed by atoms with Gasteiger partial charge in [-0.1, -0.05) is 25.1 Å². The molecule has 0 bridgehead atoms. The summed E-state index contributed by atoms with van der Waals surface area (Å²) >= 11 is 0. The zero-order valence-electron chi connectivity index (χ0n) is 10.5. The van der Waals surface area contributed by atoms with Gasteiger partial charge < -0.3 is 10.2 Å². The van der Waals surface area contributed by atoms with Gasteiger partial charge in [0.05, 0.1) is 5.92 Å². The van der Waals surface area contributed by atoms with Crippen molar-refractivity contribution >= 4 is 11.6 Å². The van der Waals surface area contributed by atoms with E-state index in [-0.39, 0.29) is 11.8 Å². The molecule has 1 aliphatic rings. The molecule has 3 heteroatoms. The quantitative estimate of drug-likeness (QED) is 0.863. The fraction of sp³-hybridized carbons (Fsp3) is 0.500. The van der Waals surface area contributed by atoms with Gasteiger partial charge >= 0.3 is 0 Å². The number of nitrogens with one attached hydrogen (secondary N) is 1.